The molecular weight excluding hydrogens is 252 g/mol. The number of anilines is 1. The second-order valence-electron chi connectivity index (χ2n) is 5.92. The minimum absolute atomic E-state index is 0.0523. The normalized spacial score (nSPS) is 23.4. The lowest BCUT2D eigenvalue weighted by Crippen LogP contribution is -2.42. The van der Waals surface area contributed by atoms with E-state index < -0.39 is 0 Å². The number of methoxy groups -OCH3 is 1. The highest BCUT2D eigenvalue weighted by Crippen LogP contribution is 2.21. The van der Waals surface area contributed by atoms with Crippen molar-refractivity contribution in [2.24, 2.45) is 11.8 Å². The molecule has 0 spiro atoms. The Bertz CT molecular complexity index is 434. The molecule has 1 amide bonds. The zero-order valence-electron chi connectivity index (χ0n) is 12.6. The highest BCUT2D eigenvalue weighted by Gasteiger charge is 2.23. The highest BCUT2D eigenvalue weighted by atomic mass is 16.5. The first-order chi connectivity index (χ1) is 9.56. The average molecular weight is 276 g/mol. The Hall–Kier alpha value is -1.55. The van der Waals surface area contributed by atoms with E-state index in [1.807, 2.05) is 24.3 Å². The summed E-state index contributed by atoms with van der Waals surface area (Å²) in [5.74, 6) is 2.19. The van der Waals surface area contributed by atoms with Gasteiger partial charge in [0.25, 0.3) is 0 Å². The largest absolute Gasteiger partial charge is 0.497 e. The Kier molecular flexibility index (Phi) is 5.01. The SMILES string of the molecule is COc1ccc(NC(=O)CN2C[C@H](C)C[C@@H](C)C2)cc1. The van der Waals surface area contributed by atoms with E-state index in [1.165, 1.54) is 6.42 Å². The summed E-state index contributed by atoms with van der Waals surface area (Å²) in [6.07, 6.45) is 1.26. The minimum atomic E-state index is 0.0523. The minimum Gasteiger partial charge on any atom is -0.497 e. The number of rotatable bonds is 4. The van der Waals surface area contributed by atoms with Crippen molar-refractivity contribution in [3.8, 4) is 5.75 Å². The molecule has 1 aliphatic heterocycles. The molecule has 0 aliphatic carbocycles. The zero-order chi connectivity index (χ0) is 14.5. The number of nitrogens with zero attached hydrogens (tertiary/aromatic N) is 1. The molecule has 1 saturated heterocycles. The number of amides is 1. The Labute approximate surface area is 121 Å². The maximum atomic E-state index is 12.1. The van der Waals surface area contributed by atoms with Gasteiger partial charge in [0.15, 0.2) is 0 Å². The van der Waals surface area contributed by atoms with E-state index in [9.17, 15) is 4.79 Å². The molecule has 1 aromatic rings. The fraction of sp³-hybridized carbons (Fsp3) is 0.562. The summed E-state index contributed by atoms with van der Waals surface area (Å²) >= 11 is 0. The monoisotopic (exact) mass is 276 g/mol. The van der Waals surface area contributed by atoms with Crippen LogP contribution in [0.25, 0.3) is 0 Å². The van der Waals surface area contributed by atoms with Crippen LogP contribution in [0.15, 0.2) is 24.3 Å². The number of ether oxygens (including phenoxy) is 1. The Morgan fingerprint density at radius 3 is 2.40 bits per heavy atom. The molecule has 0 aromatic heterocycles. The number of hydrogen-bond donors (Lipinski definition) is 1. The molecule has 4 nitrogen and oxygen atoms in total. The van der Waals surface area contributed by atoms with Gasteiger partial charge >= 0.3 is 0 Å². The third kappa shape index (κ3) is 4.23. The van der Waals surface area contributed by atoms with Gasteiger partial charge in [-0.2, -0.15) is 0 Å². The lowest BCUT2D eigenvalue weighted by Gasteiger charge is -2.34. The summed E-state index contributed by atoms with van der Waals surface area (Å²) in [5.41, 5.74) is 0.814. The third-order valence-electron chi connectivity index (χ3n) is 3.69. The molecule has 1 N–H and O–H groups in total. The molecule has 2 rings (SSSR count). The molecule has 0 bridgehead atoms. The van der Waals surface area contributed by atoms with Crippen LogP contribution in [0.3, 0.4) is 0 Å². The molecule has 0 unspecified atom stereocenters. The maximum absolute atomic E-state index is 12.1. The molecule has 1 heterocycles. The summed E-state index contributed by atoms with van der Waals surface area (Å²) in [6.45, 7) is 7.01. The zero-order valence-corrected chi connectivity index (χ0v) is 12.6. The van der Waals surface area contributed by atoms with Crippen LogP contribution in [0.2, 0.25) is 0 Å². The second-order valence-corrected chi connectivity index (χ2v) is 5.92. The number of likely N-dealkylation sites (tertiary alicyclic amines) is 1. The van der Waals surface area contributed by atoms with E-state index in [0.717, 1.165) is 24.5 Å². The summed E-state index contributed by atoms with van der Waals surface area (Å²) in [7, 11) is 1.63. The van der Waals surface area contributed by atoms with Gasteiger partial charge in [0, 0.05) is 18.8 Å². The van der Waals surface area contributed by atoms with Crippen LogP contribution in [0.4, 0.5) is 5.69 Å². The van der Waals surface area contributed by atoms with Crippen LogP contribution >= 0.6 is 0 Å². The first-order valence-electron chi connectivity index (χ1n) is 7.23. The number of benzene rings is 1. The molecule has 0 saturated carbocycles. The third-order valence-corrected chi connectivity index (χ3v) is 3.69. The first kappa shape index (κ1) is 14.9. The van der Waals surface area contributed by atoms with Crippen LogP contribution in [-0.4, -0.2) is 37.6 Å². The Morgan fingerprint density at radius 1 is 1.25 bits per heavy atom. The Balaban J connectivity index is 1.85. The molecule has 2 atom stereocenters. The fourth-order valence-electron chi connectivity index (χ4n) is 3.00. The van der Waals surface area contributed by atoms with Crippen LogP contribution in [0, 0.1) is 11.8 Å². The van der Waals surface area contributed by atoms with Gasteiger partial charge in [0.05, 0.1) is 13.7 Å². The summed E-state index contributed by atoms with van der Waals surface area (Å²) in [5, 5.41) is 2.93. The number of piperidine rings is 1. The summed E-state index contributed by atoms with van der Waals surface area (Å²) in [4.78, 5) is 14.3. The maximum Gasteiger partial charge on any atom is 0.238 e. The van der Waals surface area contributed by atoms with Gasteiger partial charge in [-0.1, -0.05) is 13.8 Å². The molecule has 110 valence electrons. The topological polar surface area (TPSA) is 41.6 Å². The number of hydrogen-bond acceptors (Lipinski definition) is 3. The second kappa shape index (κ2) is 6.75. The summed E-state index contributed by atoms with van der Waals surface area (Å²) in [6, 6.07) is 7.41. The number of nitrogens with one attached hydrogen (secondary N) is 1. The highest BCUT2D eigenvalue weighted by molar-refractivity contribution is 5.92. The lowest BCUT2D eigenvalue weighted by atomic mass is 9.92. The molecule has 1 aromatic carbocycles. The number of carbonyl (C=O) groups is 1. The van der Waals surface area contributed by atoms with Crippen LogP contribution in [0.5, 0.6) is 5.75 Å². The predicted molar refractivity (Wildman–Crippen MR) is 81.0 cm³/mol. The van der Waals surface area contributed by atoms with Crippen molar-refractivity contribution in [1.82, 2.24) is 4.90 Å². The first-order valence-corrected chi connectivity index (χ1v) is 7.23. The van der Waals surface area contributed by atoms with Crippen molar-refractivity contribution in [3.05, 3.63) is 24.3 Å². The van der Waals surface area contributed by atoms with Crippen molar-refractivity contribution in [2.75, 3.05) is 32.1 Å². The number of carbonyl (C=O) groups excluding carboxylic acids is 1. The van der Waals surface area contributed by atoms with Gasteiger partial charge in [-0.15, -0.1) is 0 Å². The molecular formula is C16H24N2O2. The van der Waals surface area contributed by atoms with E-state index in [4.69, 9.17) is 4.74 Å². The van der Waals surface area contributed by atoms with E-state index in [0.29, 0.717) is 18.4 Å². The van der Waals surface area contributed by atoms with Crippen LogP contribution < -0.4 is 10.1 Å². The average Bonchev–Trinajstić information content (AvgIpc) is 2.38. The van der Waals surface area contributed by atoms with E-state index in [2.05, 4.69) is 24.1 Å². The van der Waals surface area contributed by atoms with Gasteiger partial charge < -0.3 is 10.1 Å². The summed E-state index contributed by atoms with van der Waals surface area (Å²) < 4.78 is 5.10. The smallest absolute Gasteiger partial charge is 0.238 e. The van der Waals surface area contributed by atoms with Crippen molar-refractivity contribution in [3.63, 3.8) is 0 Å². The van der Waals surface area contributed by atoms with Crippen molar-refractivity contribution < 1.29 is 9.53 Å². The standard InChI is InChI=1S/C16H24N2O2/c1-12-8-13(2)10-18(9-12)11-16(19)17-14-4-6-15(20-3)7-5-14/h4-7,12-13H,8-11H2,1-3H3,(H,17,19)/t12-,13-/m1/s1. The molecule has 4 heteroatoms. The van der Waals surface area contributed by atoms with Gasteiger partial charge in [-0.05, 0) is 42.5 Å². The van der Waals surface area contributed by atoms with Gasteiger partial charge in [-0.3, -0.25) is 9.69 Å². The Morgan fingerprint density at radius 2 is 1.85 bits per heavy atom. The van der Waals surface area contributed by atoms with Crippen molar-refractivity contribution >= 4 is 11.6 Å². The quantitative estimate of drug-likeness (QED) is 0.919. The van der Waals surface area contributed by atoms with E-state index >= 15 is 0 Å². The van der Waals surface area contributed by atoms with Gasteiger partial charge in [-0.25, -0.2) is 0 Å². The van der Waals surface area contributed by atoms with Crippen molar-refractivity contribution in [1.29, 1.82) is 0 Å². The van der Waals surface area contributed by atoms with E-state index in [-0.39, 0.29) is 5.91 Å². The predicted octanol–water partition coefficient (Wildman–Crippen LogP) is 2.61. The molecule has 0 radical (unpaired) electrons. The van der Waals surface area contributed by atoms with Crippen LogP contribution in [0.1, 0.15) is 20.3 Å². The molecule has 1 fully saturated rings. The van der Waals surface area contributed by atoms with Gasteiger partial charge in [0.2, 0.25) is 5.91 Å². The van der Waals surface area contributed by atoms with Gasteiger partial charge in [0.1, 0.15) is 5.75 Å². The fourth-order valence-corrected chi connectivity index (χ4v) is 3.00. The molecule has 20 heavy (non-hydrogen) atoms. The van der Waals surface area contributed by atoms with E-state index in [1.54, 1.807) is 7.11 Å². The lowest BCUT2D eigenvalue weighted by molar-refractivity contribution is -0.117. The van der Waals surface area contributed by atoms with Crippen LogP contribution in [-0.2, 0) is 4.79 Å². The molecule has 1 aliphatic rings. The van der Waals surface area contributed by atoms with Crippen molar-refractivity contribution in [2.45, 2.75) is 20.3 Å².